The van der Waals surface area contributed by atoms with Crippen LogP contribution >= 0.6 is 0 Å². The van der Waals surface area contributed by atoms with Gasteiger partial charge in [0.25, 0.3) is 0 Å². The van der Waals surface area contributed by atoms with Crippen molar-refractivity contribution in [1.29, 1.82) is 0 Å². The Morgan fingerprint density at radius 2 is 2.00 bits per heavy atom. The van der Waals surface area contributed by atoms with Crippen LogP contribution in [0.4, 0.5) is 10.1 Å². The Morgan fingerprint density at radius 1 is 1.37 bits per heavy atom. The van der Waals surface area contributed by atoms with E-state index in [2.05, 4.69) is 4.74 Å². The molecule has 0 aromatic heterocycles. The van der Waals surface area contributed by atoms with Gasteiger partial charge in [-0.15, -0.1) is 0 Å². The maximum atomic E-state index is 13.1. The third-order valence-electron chi connectivity index (χ3n) is 3.02. The normalized spacial score (nSPS) is 11.0. The second-order valence-corrected chi connectivity index (χ2v) is 4.88. The standard InChI is InChI=1S/C14H18FNO3/c1-14(2,13(18)19-4)12(17)9-16(3)11-7-5-6-10(15)8-11/h5-8H,9H2,1-4H3. The number of ketones is 1. The molecule has 0 heterocycles. The van der Waals surface area contributed by atoms with E-state index >= 15 is 0 Å². The van der Waals surface area contributed by atoms with Gasteiger partial charge in [0.2, 0.25) is 0 Å². The predicted molar refractivity (Wildman–Crippen MR) is 70.5 cm³/mol. The maximum Gasteiger partial charge on any atom is 0.318 e. The van der Waals surface area contributed by atoms with Gasteiger partial charge < -0.3 is 9.64 Å². The zero-order chi connectivity index (χ0) is 14.6. The van der Waals surface area contributed by atoms with Crippen LogP contribution in [0.25, 0.3) is 0 Å². The minimum atomic E-state index is -1.21. The minimum Gasteiger partial charge on any atom is -0.468 e. The lowest BCUT2D eigenvalue weighted by molar-refractivity contribution is -0.155. The number of ether oxygens (including phenoxy) is 1. The third-order valence-corrected chi connectivity index (χ3v) is 3.02. The summed E-state index contributed by atoms with van der Waals surface area (Å²) in [6, 6.07) is 5.93. The van der Waals surface area contributed by atoms with E-state index in [1.165, 1.54) is 33.1 Å². The Balaban J connectivity index is 2.80. The number of likely N-dealkylation sites (N-methyl/N-ethyl adjacent to an activating group) is 1. The van der Waals surface area contributed by atoms with Gasteiger partial charge >= 0.3 is 5.97 Å². The van der Waals surface area contributed by atoms with E-state index in [9.17, 15) is 14.0 Å². The second-order valence-electron chi connectivity index (χ2n) is 4.88. The Kier molecular flexibility index (Phi) is 4.64. The van der Waals surface area contributed by atoms with Gasteiger partial charge in [0.05, 0.1) is 13.7 Å². The molecule has 0 unspecified atom stereocenters. The van der Waals surface area contributed by atoms with Crippen LogP contribution in [-0.2, 0) is 14.3 Å². The van der Waals surface area contributed by atoms with Gasteiger partial charge in [0.15, 0.2) is 5.78 Å². The van der Waals surface area contributed by atoms with Crippen molar-refractivity contribution in [3.63, 3.8) is 0 Å². The average molecular weight is 267 g/mol. The van der Waals surface area contributed by atoms with E-state index in [1.807, 2.05) is 0 Å². The molecule has 5 heteroatoms. The molecule has 0 aliphatic carbocycles. The van der Waals surface area contributed by atoms with Gasteiger partial charge in [-0.25, -0.2) is 4.39 Å². The zero-order valence-electron chi connectivity index (χ0n) is 11.6. The highest BCUT2D eigenvalue weighted by atomic mass is 19.1. The molecule has 0 aliphatic rings. The number of anilines is 1. The number of carbonyl (C=O) groups excluding carboxylic acids is 2. The van der Waals surface area contributed by atoms with Gasteiger partial charge in [-0.05, 0) is 32.0 Å². The molecule has 4 nitrogen and oxygen atoms in total. The fraction of sp³-hybridized carbons (Fsp3) is 0.429. The average Bonchev–Trinajstić information content (AvgIpc) is 2.37. The second kappa shape index (κ2) is 5.82. The van der Waals surface area contributed by atoms with Gasteiger partial charge in [-0.2, -0.15) is 0 Å². The van der Waals surface area contributed by atoms with Crippen LogP contribution < -0.4 is 4.90 Å². The Morgan fingerprint density at radius 3 is 2.53 bits per heavy atom. The molecule has 0 fully saturated rings. The van der Waals surface area contributed by atoms with Crippen molar-refractivity contribution in [3.05, 3.63) is 30.1 Å². The summed E-state index contributed by atoms with van der Waals surface area (Å²) in [6.45, 7) is 3.03. The summed E-state index contributed by atoms with van der Waals surface area (Å²) in [5, 5.41) is 0. The van der Waals surface area contributed by atoms with Crippen LogP contribution in [0.15, 0.2) is 24.3 Å². The number of hydrogen-bond acceptors (Lipinski definition) is 4. The fourth-order valence-electron chi connectivity index (χ4n) is 1.59. The van der Waals surface area contributed by atoms with Crippen molar-refractivity contribution in [2.75, 3.05) is 25.6 Å². The summed E-state index contributed by atoms with van der Waals surface area (Å²) in [7, 11) is 2.91. The first-order valence-electron chi connectivity index (χ1n) is 5.87. The number of benzene rings is 1. The molecule has 1 rings (SSSR count). The summed E-state index contributed by atoms with van der Waals surface area (Å²) in [5.41, 5.74) is -0.634. The van der Waals surface area contributed by atoms with Crippen LogP contribution in [0.1, 0.15) is 13.8 Å². The predicted octanol–water partition coefficient (Wildman–Crippen LogP) is 2.03. The molecule has 0 N–H and O–H groups in total. The Bertz CT molecular complexity index is 485. The van der Waals surface area contributed by atoms with E-state index in [0.29, 0.717) is 5.69 Å². The number of halogens is 1. The third kappa shape index (κ3) is 3.53. The van der Waals surface area contributed by atoms with Crippen molar-refractivity contribution in [3.8, 4) is 0 Å². The summed E-state index contributed by atoms with van der Waals surface area (Å²) >= 11 is 0. The number of esters is 1. The van der Waals surface area contributed by atoms with Gasteiger partial charge in [-0.3, -0.25) is 9.59 Å². The van der Waals surface area contributed by atoms with Crippen LogP contribution in [-0.4, -0.2) is 32.5 Å². The molecular weight excluding hydrogens is 249 g/mol. The lowest BCUT2D eigenvalue weighted by atomic mass is 9.88. The number of nitrogens with zero attached hydrogens (tertiary/aromatic N) is 1. The zero-order valence-corrected chi connectivity index (χ0v) is 11.6. The van der Waals surface area contributed by atoms with Crippen LogP contribution in [0.5, 0.6) is 0 Å². The SMILES string of the molecule is COC(=O)C(C)(C)C(=O)CN(C)c1cccc(F)c1. The molecule has 104 valence electrons. The van der Waals surface area contributed by atoms with Crippen molar-refractivity contribution in [2.45, 2.75) is 13.8 Å². The molecule has 0 spiro atoms. The highest BCUT2D eigenvalue weighted by Crippen LogP contribution is 2.21. The number of methoxy groups -OCH3 is 1. The molecular formula is C14H18FNO3. The molecule has 0 saturated carbocycles. The largest absolute Gasteiger partial charge is 0.468 e. The number of Topliss-reactive ketones (excluding diaryl/α,β-unsaturated/α-hetero) is 1. The molecule has 0 atom stereocenters. The first kappa shape index (κ1) is 15.1. The molecule has 0 amide bonds. The van der Waals surface area contributed by atoms with E-state index in [-0.39, 0.29) is 18.1 Å². The highest BCUT2D eigenvalue weighted by Gasteiger charge is 2.37. The van der Waals surface area contributed by atoms with Crippen molar-refractivity contribution >= 4 is 17.4 Å². The number of carbonyl (C=O) groups is 2. The first-order valence-corrected chi connectivity index (χ1v) is 5.87. The lowest BCUT2D eigenvalue weighted by Gasteiger charge is -2.25. The summed E-state index contributed by atoms with van der Waals surface area (Å²) in [4.78, 5) is 25.2. The van der Waals surface area contributed by atoms with Crippen LogP contribution in [0.2, 0.25) is 0 Å². The lowest BCUT2D eigenvalue weighted by Crippen LogP contribution is -2.41. The van der Waals surface area contributed by atoms with E-state index in [0.717, 1.165) is 0 Å². The van der Waals surface area contributed by atoms with E-state index in [1.54, 1.807) is 24.1 Å². The number of rotatable bonds is 5. The Labute approximate surface area is 112 Å². The van der Waals surface area contributed by atoms with Gasteiger partial charge in [0, 0.05) is 12.7 Å². The summed E-state index contributed by atoms with van der Waals surface area (Å²) < 4.78 is 17.7. The minimum absolute atomic E-state index is 0.00551. The van der Waals surface area contributed by atoms with Gasteiger partial charge in [-0.1, -0.05) is 6.07 Å². The van der Waals surface area contributed by atoms with Crippen LogP contribution in [0, 0.1) is 11.2 Å². The molecule has 19 heavy (non-hydrogen) atoms. The molecule has 0 radical (unpaired) electrons. The Hall–Kier alpha value is -1.91. The molecule has 0 bridgehead atoms. The fourth-order valence-corrected chi connectivity index (χ4v) is 1.59. The summed E-state index contributed by atoms with van der Waals surface area (Å²) in [5.74, 6) is -1.24. The smallest absolute Gasteiger partial charge is 0.318 e. The molecule has 1 aromatic carbocycles. The molecule has 0 aliphatic heterocycles. The quantitative estimate of drug-likeness (QED) is 0.605. The van der Waals surface area contributed by atoms with Crippen molar-refractivity contribution in [2.24, 2.45) is 5.41 Å². The monoisotopic (exact) mass is 267 g/mol. The molecule has 0 saturated heterocycles. The highest BCUT2D eigenvalue weighted by molar-refractivity contribution is 6.04. The van der Waals surface area contributed by atoms with E-state index < -0.39 is 11.4 Å². The number of hydrogen-bond donors (Lipinski definition) is 0. The van der Waals surface area contributed by atoms with Crippen molar-refractivity contribution in [1.82, 2.24) is 0 Å². The summed E-state index contributed by atoms with van der Waals surface area (Å²) in [6.07, 6.45) is 0. The topological polar surface area (TPSA) is 46.6 Å². The maximum absolute atomic E-state index is 13.1. The van der Waals surface area contributed by atoms with Crippen molar-refractivity contribution < 1.29 is 18.7 Å². The van der Waals surface area contributed by atoms with E-state index in [4.69, 9.17) is 0 Å². The first-order chi connectivity index (χ1) is 8.78. The van der Waals surface area contributed by atoms with Crippen LogP contribution in [0.3, 0.4) is 0 Å². The van der Waals surface area contributed by atoms with Gasteiger partial charge in [0.1, 0.15) is 11.2 Å². The molecule has 1 aromatic rings.